The summed E-state index contributed by atoms with van der Waals surface area (Å²) in [5.41, 5.74) is 0. The third kappa shape index (κ3) is 6.16. The van der Waals surface area contributed by atoms with E-state index in [2.05, 4.69) is 13.2 Å². The second kappa shape index (κ2) is 9.18. The average molecular weight is 316 g/mol. The summed E-state index contributed by atoms with van der Waals surface area (Å²) in [6.07, 6.45) is 5.95. The Labute approximate surface area is 132 Å². The maximum absolute atomic E-state index is 12.5. The quantitative estimate of drug-likeness (QED) is 0.784. The summed E-state index contributed by atoms with van der Waals surface area (Å²) >= 11 is 1.80. The van der Waals surface area contributed by atoms with Crippen molar-refractivity contribution in [2.24, 2.45) is 5.92 Å². The van der Waals surface area contributed by atoms with Gasteiger partial charge in [-0.05, 0) is 50.5 Å². The molecule has 0 radical (unpaired) electrons. The minimum Gasteiger partial charge on any atom is -0.481 e. The zero-order valence-corrected chi connectivity index (χ0v) is 14.2. The smallest absolute Gasteiger partial charge is 0.319 e. The number of carboxylic acids is 1. The van der Waals surface area contributed by atoms with Crippen LogP contribution >= 0.6 is 11.8 Å². The van der Waals surface area contributed by atoms with E-state index in [1.165, 1.54) is 0 Å². The van der Waals surface area contributed by atoms with Crippen LogP contribution in [0.1, 0.15) is 39.0 Å². The number of urea groups is 1. The molecule has 6 heteroatoms. The van der Waals surface area contributed by atoms with Crippen LogP contribution in [0.25, 0.3) is 0 Å². The fourth-order valence-corrected chi connectivity index (χ4v) is 3.27. The molecule has 2 atom stereocenters. The van der Waals surface area contributed by atoms with E-state index in [4.69, 9.17) is 5.11 Å². The van der Waals surface area contributed by atoms with Gasteiger partial charge in [0.15, 0.2) is 0 Å². The molecule has 1 aliphatic heterocycles. The number of thioether (sulfide) groups is 1. The van der Waals surface area contributed by atoms with Gasteiger partial charge in [-0.2, -0.15) is 11.8 Å². The van der Waals surface area contributed by atoms with Gasteiger partial charge in [0.25, 0.3) is 0 Å². The molecule has 1 aliphatic rings. The molecule has 1 rings (SSSR count). The highest BCUT2D eigenvalue weighted by atomic mass is 32.2. The lowest BCUT2D eigenvalue weighted by molar-refractivity contribution is -0.137. The largest absolute Gasteiger partial charge is 0.481 e. The molecule has 2 amide bonds. The van der Waals surface area contributed by atoms with Crippen LogP contribution in [-0.2, 0) is 4.79 Å². The predicted molar refractivity (Wildman–Crippen MR) is 86.8 cm³/mol. The van der Waals surface area contributed by atoms with Crippen molar-refractivity contribution in [2.75, 3.05) is 32.1 Å². The molecule has 0 aromatic carbocycles. The number of aliphatic carboxylic acids is 1. The molecule has 1 N–H and O–H groups in total. The van der Waals surface area contributed by atoms with E-state index in [0.717, 1.165) is 31.6 Å². The van der Waals surface area contributed by atoms with Gasteiger partial charge in [0, 0.05) is 32.6 Å². The van der Waals surface area contributed by atoms with E-state index in [9.17, 15) is 9.59 Å². The van der Waals surface area contributed by atoms with Crippen LogP contribution in [0.4, 0.5) is 4.79 Å². The number of nitrogens with zero attached hydrogens (tertiary/aromatic N) is 2. The molecule has 0 aromatic heterocycles. The van der Waals surface area contributed by atoms with Crippen LogP contribution in [0.3, 0.4) is 0 Å². The Morgan fingerprint density at radius 2 is 2.19 bits per heavy atom. The van der Waals surface area contributed by atoms with Gasteiger partial charge in [-0.15, -0.1) is 0 Å². The molecule has 1 heterocycles. The lowest BCUT2D eigenvalue weighted by atomic mass is 9.93. The number of hydrogen-bond donors (Lipinski definition) is 1. The lowest BCUT2D eigenvalue weighted by Crippen LogP contribution is -2.49. The first kappa shape index (κ1) is 18.1. The zero-order valence-electron chi connectivity index (χ0n) is 13.4. The van der Waals surface area contributed by atoms with E-state index in [-0.39, 0.29) is 18.5 Å². The van der Waals surface area contributed by atoms with E-state index in [1.54, 1.807) is 11.8 Å². The summed E-state index contributed by atoms with van der Waals surface area (Å²) < 4.78 is 0. The number of carbonyl (C=O) groups is 2. The molecule has 2 unspecified atom stereocenters. The van der Waals surface area contributed by atoms with E-state index in [1.807, 2.05) is 16.8 Å². The molecule has 0 aliphatic carbocycles. The second-order valence-electron chi connectivity index (χ2n) is 5.91. The predicted octanol–water partition coefficient (Wildman–Crippen LogP) is 2.76. The Balaban J connectivity index is 2.46. The molecular formula is C15H28N2O3S. The third-order valence-corrected chi connectivity index (χ3v) is 4.90. The van der Waals surface area contributed by atoms with Crippen LogP contribution in [0.15, 0.2) is 0 Å². The third-order valence-electron chi connectivity index (χ3n) is 4.26. The summed E-state index contributed by atoms with van der Waals surface area (Å²) in [6, 6.07) is 0.327. The molecule has 1 fully saturated rings. The highest BCUT2D eigenvalue weighted by molar-refractivity contribution is 7.98. The second-order valence-corrected chi connectivity index (χ2v) is 6.90. The first-order chi connectivity index (χ1) is 9.95. The van der Waals surface area contributed by atoms with E-state index < -0.39 is 5.97 Å². The molecule has 122 valence electrons. The van der Waals surface area contributed by atoms with E-state index >= 15 is 0 Å². The number of piperidine rings is 1. The average Bonchev–Trinajstić information content (AvgIpc) is 2.49. The minimum atomic E-state index is -0.749. The zero-order chi connectivity index (χ0) is 15.8. The molecule has 0 aromatic rings. The number of rotatable bonds is 7. The normalized spacial score (nSPS) is 20.1. The van der Waals surface area contributed by atoms with Crippen molar-refractivity contribution in [3.8, 4) is 0 Å². The van der Waals surface area contributed by atoms with Gasteiger partial charge in [0.1, 0.15) is 0 Å². The highest BCUT2D eigenvalue weighted by Gasteiger charge is 2.27. The summed E-state index contributed by atoms with van der Waals surface area (Å²) in [5, 5.41) is 8.77. The number of carbonyl (C=O) groups excluding carboxylic acids is 1. The van der Waals surface area contributed by atoms with Crippen LogP contribution in [0.5, 0.6) is 0 Å². The highest BCUT2D eigenvalue weighted by Crippen LogP contribution is 2.22. The summed E-state index contributed by atoms with van der Waals surface area (Å²) in [7, 11) is 1.87. The summed E-state index contributed by atoms with van der Waals surface area (Å²) in [6.45, 7) is 3.58. The Morgan fingerprint density at radius 3 is 2.81 bits per heavy atom. The van der Waals surface area contributed by atoms with E-state index in [0.29, 0.717) is 18.9 Å². The fourth-order valence-electron chi connectivity index (χ4n) is 2.70. The Kier molecular flexibility index (Phi) is 7.93. The summed E-state index contributed by atoms with van der Waals surface area (Å²) in [4.78, 5) is 26.9. The molecule has 21 heavy (non-hydrogen) atoms. The van der Waals surface area contributed by atoms with Crippen LogP contribution in [0, 0.1) is 5.92 Å². The van der Waals surface area contributed by atoms with Crippen LogP contribution < -0.4 is 0 Å². The molecule has 0 spiro atoms. The van der Waals surface area contributed by atoms with Gasteiger partial charge in [-0.1, -0.05) is 0 Å². The number of amides is 2. The molecule has 1 saturated heterocycles. The Morgan fingerprint density at radius 1 is 1.48 bits per heavy atom. The van der Waals surface area contributed by atoms with Crippen molar-refractivity contribution >= 4 is 23.8 Å². The number of carboxylic acid groups (broad SMARTS) is 1. The number of likely N-dealkylation sites (tertiary alicyclic amines) is 1. The first-order valence-electron chi connectivity index (χ1n) is 7.68. The van der Waals surface area contributed by atoms with Crippen molar-refractivity contribution in [3.05, 3.63) is 0 Å². The minimum absolute atomic E-state index is 0.0867. The summed E-state index contributed by atoms with van der Waals surface area (Å²) in [5.74, 6) is 0.634. The van der Waals surface area contributed by atoms with Gasteiger partial charge in [0.2, 0.25) is 0 Å². The maximum Gasteiger partial charge on any atom is 0.319 e. The molecule has 5 nitrogen and oxygen atoms in total. The SMILES string of the molecule is CSCCC(C)N(C)C(=O)N1CCCC(CCC(=O)O)C1. The van der Waals surface area contributed by atoms with Crippen molar-refractivity contribution < 1.29 is 14.7 Å². The topological polar surface area (TPSA) is 60.9 Å². The monoisotopic (exact) mass is 316 g/mol. The van der Waals surface area contributed by atoms with Gasteiger partial charge < -0.3 is 14.9 Å². The van der Waals surface area contributed by atoms with Crippen molar-refractivity contribution in [1.82, 2.24) is 9.80 Å². The standard InChI is InChI=1S/C15H28N2O3S/c1-12(8-10-21-3)16(2)15(20)17-9-4-5-13(11-17)6-7-14(18)19/h12-13H,4-11H2,1-3H3,(H,18,19). The van der Waals surface area contributed by atoms with Crippen molar-refractivity contribution in [1.29, 1.82) is 0 Å². The maximum atomic E-state index is 12.5. The molecule has 0 bridgehead atoms. The molecular weight excluding hydrogens is 288 g/mol. The Hall–Kier alpha value is -0.910. The fraction of sp³-hybridized carbons (Fsp3) is 0.867. The van der Waals surface area contributed by atoms with Gasteiger partial charge >= 0.3 is 12.0 Å². The van der Waals surface area contributed by atoms with Crippen molar-refractivity contribution in [2.45, 2.75) is 45.1 Å². The molecule has 0 saturated carbocycles. The van der Waals surface area contributed by atoms with Gasteiger partial charge in [0.05, 0.1) is 0 Å². The van der Waals surface area contributed by atoms with Crippen LogP contribution in [0.2, 0.25) is 0 Å². The van der Waals surface area contributed by atoms with Crippen LogP contribution in [-0.4, -0.2) is 65.1 Å². The van der Waals surface area contributed by atoms with Gasteiger partial charge in [-0.3, -0.25) is 4.79 Å². The van der Waals surface area contributed by atoms with Crippen molar-refractivity contribution in [3.63, 3.8) is 0 Å². The number of hydrogen-bond acceptors (Lipinski definition) is 3. The Bertz CT molecular complexity index is 352. The van der Waals surface area contributed by atoms with Gasteiger partial charge in [-0.25, -0.2) is 4.79 Å². The lowest BCUT2D eigenvalue weighted by Gasteiger charge is -2.37. The first-order valence-corrected chi connectivity index (χ1v) is 9.07.